The first-order valence-corrected chi connectivity index (χ1v) is 12.8. The molecule has 2 aromatic rings. The molecule has 4 N–H and O–H groups in total. The molecule has 0 aromatic heterocycles. The molecule has 3 amide bonds. The van der Waals surface area contributed by atoms with E-state index in [1.54, 1.807) is 0 Å². The average Bonchev–Trinajstić information content (AvgIpc) is 2.88. The van der Waals surface area contributed by atoms with Crippen LogP contribution in [0.15, 0.2) is 60.7 Å². The zero-order valence-corrected chi connectivity index (χ0v) is 20.2. The fourth-order valence-corrected chi connectivity index (χ4v) is 5.32. The number of hydrogen-bond acceptors (Lipinski definition) is 4. The highest BCUT2D eigenvalue weighted by molar-refractivity contribution is 6.11. The van der Waals surface area contributed by atoms with Gasteiger partial charge >= 0.3 is 0 Å². The van der Waals surface area contributed by atoms with Crippen molar-refractivity contribution in [1.82, 2.24) is 15.5 Å². The molecule has 2 atom stereocenters. The van der Waals surface area contributed by atoms with Gasteiger partial charge in [-0.3, -0.25) is 14.4 Å². The van der Waals surface area contributed by atoms with Crippen LogP contribution < -0.4 is 16.4 Å². The molecule has 1 aliphatic carbocycles. The van der Waals surface area contributed by atoms with Crippen LogP contribution in [0.1, 0.15) is 62.0 Å². The second kappa shape index (κ2) is 12.0. The fraction of sp³-hybridized carbons (Fsp3) is 0.464. The number of nitrogens with zero attached hydrogens (tertiary/aromatic N) is 1. The van der Waals surface area contributed by atoms with E-state index in [-0.39, 0.29) is 23.8 Å². The van der Waals surface area contributed by atoms with Gasteiger partial charge in [-0.15, -0.1) is 0 Å². The van der Waals surface area contributed by atoms with Crippen molar-refractivity contribution < 1.29 is 14.4 Å². The largest absolute Gasteiger partial charge is 0.351 e. The van der Waals surface area contributed by atoms with Crippen molar-refractivity contribution in [3.05, 3.63) is 71.8 Å². The summed E-state index contributed by atoms with van der Waals surface area (Å²) in [5, 5.41) is 5.99. The molecule has 0 bridgehead atoms. The van der Waals surface area contributed by atoms with E-state index in [4.69, 9.17) is 5.73 Å². The molecular formula is C28H36N4O3. The van der Waals surface area contributed by atoms with Crippen molar-refractivity contribution >= 4 is 17.7 Å². The second-order valence-corrected chi connectivity index (χ2v) is 9.56. The molecule has 1 heterocycles. The molecule has 2 fully saturated rings. The molecule has 35 heavy (non-hydrogen) atoms. The Labute approximate surface area is 207 Å². The lowest BCUT2D eigenvalue weighted by Crippen LogP contribution is -2.69. The van der Waals surface area contributed by atoms with Crippen LogP contribution >= 0.6 is 0 Å². The van der Waals surface area contributed by atoms with E-state index in [2.05, 4.69) is 10.6 Å². The van der Waals surface area contributed by atoms with Gasteiger partial charge in [0.1, 0.15) is 6.04 Å². The monoisotopic (exact) mass is 476 g/mol. The van der Waals surface area contributed by atoms with Gasteiger partial charge in [-0.05, 0) is 43.4 Å². The summed E-state index contributed by atoms with van der Waals surface area (Å²) < 4.78 is 0. The van der Waals surface area contributed by atoms with Crippen LogP contribution in [0, 0.1) is 0 Å². The molecule has 7 nitrogen and oxygen atoms in total. The molecule has 2 aliphatic rings. The SMILES string of the molecule is NCCCCN1C(=O)C(C(c2ccccc2)c2ccccc2)NC(=O)C1C(=O)NC1CCCCC1. The normalized spacial score (nSPS) is 21.1. The third kappa shape index (κ3) is 5.90. The van der Waals surface area contributed by atoms with E-state index in [0.29, 0.717) is 25.9 Å². The molecule has 1 aliphatic heterocycles. The van der Waals surface area contributed by atoms with Crippen molar-refractivity contribution in [2.75, 3.05) is 13.1 Å². The number of amides is 3. The smallest absolute Gasteiger partial charge is 0.253 e. The summed E-state index contributed by atoms with van der Waals surface area (Å²) in [5.41, 5.74) is 7.56. The Bertz CT molecular complexity index is 952. The van der Waals surface area contributed by atoms with Gasteiger partial charge in [-0.2, -0.15) is 0 Å². The first kappa shape index (κ1) is 24.9. The van der Waals surface area contributed by atoms with Gasteiger partial charge in [-0.1, -0.05) is 79.9 Å². The maximum atomic E-state index is 14.0. The van der Waals surface area contributed by atoms with Gasteiger partial charge in [0.2, 0.25) is 5.91 Å². The van der Waals surface area contributed by atoms with Gasteiger partial charge in [0, 0.05) is 18.5 Å². The third-order valence-electron chi connectivity index (χ3n) is 7.11. The molecule has 4 rings (SSSR count). The molecule has 0 radical (unpaired) electrons. The number of benzene rings is 2. The predicted octanol–water partition coefficient (Wildman–Crippen LogP) is 2.70. The quantitative estimate of drug-likeness (QED) is 0.382. The third-order valence-corrected chi connectivity index (χ3v) is 7.11. The molecule has 1 saturated carbocycles. The number of unbranched alkanes of at least 4 members (excludes halogenated alkanes) is 1. The van der Waals surface area contributed by atoms with E-state index < -0.39 is 18.0 Å². The Balaban J connectivity index is 1.63. The van der Waals surface area contributed by atoms with Gasteiger partial charge in [0.05, 0.1) is 0 Å². The summed E-state index contributed by atoms with van der Waals surface area (Å²) in [6.45, 7) is 0.812. The van der Waals surface area contributed by atoms with Gasteiger partial charge in [0.25, 0.3) is 11.8 Å². The molecule has 2 aromatic carbocycles. The van der Waals surface area contributed by atoms with Gasteiger partial charge in [-0.25, -0.2) is 0 Å². The van der Waals surface area contributed by atoms with E-state index in [9.17, 15) is 14.4 Å². The van der Waals surface area contributed by atoms with Gasteiger partial charge in [0.15, 0.2) is 6.04 Å². The first-order valence-electron chi connectivity index (χ1n) is 12.8. The van der Waals surface area contributed by atoms with E-state index in [0.717, 1.165) is 36.8 Å². The number of carbonyl (C=O) groups is 3. The number of nitrogens with two attached hydrogens (primary N) is 1. The Hall–Kier alpha value is -3.19. The van der Waals surface area contributed by atoms with Crippen LogP contribution in [0.2, 0.25) is 0 Å². The maximum Gasteiger partial charge on any atom is 0.253 e. The van der Waals surface area contributed by atoms with E-state index in [1.807, 2.05) is 60.7 Å². The second-order valence-electron chi connectivity index (χ2n) is 9.56. The summed E-state index contributed by atoms with van der Waals surface area (Å²) >= 11 is 0. The Kier molecular flexibility index (Phi) is 8.53. The minimum absolute atomic E-state index is 0.0594. The lowest BCUT2D eigenvalue weighted by atomic mass is 9.82. The minimum atomic E-state index is -1.16. The van der Waals surface area contributed by atoms with Crippen molar-refractivity contribution in [2.24, 2.45) is 5.73 Å². The van der Waals surface area contributed by atoms with Gasteiger partial charge < -0.3 is 21.3 Å². The number of rotatable bonds is 9. The number of nitrogens with one attached hydrogen (secondary N) is 2. The highest BCUT2D eigenvalue weighted by atomic mass is 16.2. The van der Waals surface area contributed by atoms with Crippen LogP contribution in [0.3, 0.4) is 0 Å². The molecule has 2 unspecified atom stereocenters. The molecule has 1 saturated heterocycles. The predicted molar refractivity (Wildman–Crippen MR) is 135 cm³/mol. The van der Waals surface area contributed by atoms with Crippen LogP contribution in [0.4, 0.5) is 0 Å². The van der Waals surface area contributed by atoms with Crippen molar-refractivity contribution in [1.29, 1.82) is 0 Å². The topological polar surface area (TPSA) is 105 Å². The lowest BCUT2D eigenvalue weighted by molar-refractivity contribution is -0.155. The van der Waals surface area contributed by atoms with E-state index in [1.165, 1.54) is 11.3 Å². The minimum Gasteiger partial charge on any atom is -0.351 e. The van der Waals surface area contributed by atoms with Crippen molar-refractivity contribution in [3.63, 3.8) is 0 Å². The molecule has 186 valence electrons. The molecule has 0 spiro atoms. The van der Waals surface area contributed by atoms with Crippen LogP contribution in [-0.4, -0.2) is 53.8 Å². The lowest BCUT2D eigenvalue weighted by Gasteiger charge is -2.41. The Morgan fingerprint density at radius 3 is 2.11 bits per heavy atom. The summed E-state index contributed by atoms with van der Waals surface area (Å²) in [5.74, 6) is -1.41. The average molecular weight is 477 g/mol. The first-order chi connectivity index (χ1) is 17.1. The zero-order chi connectivity index (χ0) is 24.6. The Morgan fingerprint density at radius 2 is 1.54 bits per heavy atom. The Morgan fingerprint density at radius 1 is 0.943 bits per heavy atom. The van der Waals surface area contributed by atoms with Crippen LogP contribution in [0.5, 0.6) is 0 Å². The van der Waals surface area contributed by atoms with Crippen LogP contribution in [0.25, 0.3) is 0 Å². The number of hydrogen-bond donors (Lipinski definition) is 3. The summed E-state index contributed by atoms with van der Waals surface area (Å²) in [6.07, 6.45) is 6.48. The highest BCUT2D eigenvalue weighted by Crippen LogP contribution is 2.31. The standard InChI is InChI=1S/C28H36N4O3/c29-18-10-11-19-32-25(26(33)30-22-16-8-3-9-17-22)27(34)31-24(28(32)35)23(20-12-4-1-5-13-20)21-14-6-2-7-15-21/h1-2,4-7,12-15,22-25H,3,8-11,16-19,29H2,(H,30,33)(H,31,34). The zero-order valence-electron chi connectivity index (χ0n) is 20.2. The summed E-state index contributed by atoms with van der Waals surface area (Å²) in [4.78, 5) is 42.2. The van der Waals surface area contributed by atoms with Crippen LogP contribution in [-0.2, 0) is 14.4 Å². The molecule has 7 heteroatoms. The summed E-state index contributed by atoms with van der Waals surface area (Å²) in [6, 6.07) is 17.6. The van der Waals surface area contributed by atoms with E-state index >= 15 is 0 Å². The molecular weight excluding hydrogens is 440 g/mol. The fourth-order valence-electron chi connectivity index (χ4n) is 5.32. The number of carbonyl (C=O) groups excluding carboxylic acids is 3. The summed E-state index contributed by atoms with van der Waals surface area (Å²) in [7, 11) is 0. The number of piperazine rings is 1. The highest BCUT2D eigenvalue weighted by Gasteiger charge is 2.47. The maximum absolute atomic E-state index is 14.0. The van der Waals surface area contributed by atoms with Crippen molar-refractivity contribution in [3.8, 4) is 0 Å². The van der Waals surface area contributed by atoms with Crippen molar-refractivity contribution in [2.45, 2.75) is 69.0 Å².